The molecule has 0 saturated carbocycles. The molecule has 0 spiro atoms. The van der Waals surface area contributed by atoms with Crippen molar-refractivity contribution in [1.29, 1.82) is 0 Å². The molecule has 1 aliphatic heterocycles. The van der Waals surface area contributed by atoms with Gasteiger partial charge in [-0.15, -0.1) is 0 Å². The van der Waals surface area contributed by atoms with E-state index < -0.39 is 10.0 Å². The Hall–Kier alpha value is -3.23. The fraction of sp³-hybridized carbons (Fsp3) is 0.250. The third-order valence-electron chi connectivity index (χ3n) is 5.72. The lowest BCUT2D eigenvalue weighted by atomic mass is 9.98. The molecule has 0 radical (unpaired) electrons. The number of hydrogen-bond acceptors (Lipinski definition) is 5. The zero-order valence-corrected chi connectivity index (χ0v) is 18.5. The largest absolute Gasteiger partial charge is 0.352 e. The number of benzene rings is 2. The second-order valence-electron chi connectivity index (χ2n) is 7.86. The minimum atomic E-state index is -3.55. The van der Waals surface area contributed by atoms with Gasteiger partial charge in [-0.3, -0.25) is 4.79 Å². The highest BCUT2D eigenvalue weighted by Crippen LogP contribution is 2.26. The number of nitrogens with zero attached hydrogens (tertiary/aromatic N) is 2. The number of piperidine rings is 1. The van der Waals surface area contributed by atoms with Crippen molar-refractivity contribution in [2.75, 3.05) is 25.0 Å². The second kappa shape index (κ2) is 9.50. The number of nitrogens with one attached hydrogen (secondary N) is 2. The zero-order chi connectivity index (χ0) is 22.6. The lowest BCUT2D eigenvalue weighted by Gasteiger charge is -2.31. The molecule has 1 fully saturated rings. The van der Waals surface area contributed by atoms with Crippen LogP contribution in [0.2, 0.25) is 0 Å². The van der Waals surface area contributed by atoms with Gasteiger partial charge in [0, 0.05) is 36.9 Å². The third kappa shape index (κ3) is 4.98. The normalized spacial score (nSPS) is 15.4. The minimum Gasteiger partial charge on any atom is -0.352 e. The van der Waals surface area contributed by atoms with Crippen LogP contribution in [0.1, 0.15) is 12.8 Å². The van der Waals surface area contributed by atoms with E-state index in [0.717, 1.165) is 16.5 Å². The fourth-order valence-corrected chi connectivity index (χ4v) is 5.30. The number of fused-ring (bicyclic) bond motifs is 1. The summed E-state index contributed by atoms with van der Waals surface area (Å²) >= 11 is 0. The van der Waals surface area contributed by atoms with Crippen LogP contribution in [0.3, 0.4) is 0 Å². The maximum Gasteiger partial charge on any atom is 0.243 e. The first-order chi connectivity index (χ1) is 15.5. The smallest absolute Gasteiger partial charge is 0.243 e. The van der Waals surface area contributed by atoms with E-state index in [1.54, 1.807) is 24.3 Å². The molecule has 166 valence electrons. The van der Waals surface area contributed by atoms with E-state index in [-0.39, 0.29) is 16.7 Å². The Morgan fingerprint density at radius 1 is 1.09 bits per heavy atom. The number of sulfonamides is 1. The molecule has 1 aliphatic rings. The molecule has 1 saturated heterocycles. The van der Waals surface area contributed by atoms with Crippen LogP contribution in [0.25, 0.3) is 10.8 Å². The summed E-state index contributed by atoms with van der Waals surface area (Å²) in [5.41, 5.74) is 0.767. The van der Waals surface area contributed by atoms with E-state index in [9.17, 15) is 13.2 Å². The number of anilines is 2. The summed E-state index contributed by atoms with van der Waals surface area (Å²) in [4.78, 5) is 16.0. The van der Waals surface area contributed by atoms with Gasteiger partial charge in [0.05, 0.1) is 4.90 Å². The standard InChI is InChI=1S/C24H26N4O3S/c1-2-24(29)26-16-18-11-13-28(14-12-18)32(30,31)22-9-7-21(8-10-22)27-23-15-19-5-3-4-6-20(19)17-25-23/h2-10,15,17-18H,1,11-14,16H2,(H,25,27)(H,26,29). The molecule has 0 bridgehead atoms. The molecule has 8 heteroatoms. The molecule has 0 unspecified atom stereocenters. The average Bonchev–Trinajstić information content (AvgIpc) is 2.83. The van der Waals surface area contributed by atoms with Crippen LogP contribution in [0.4, 0.5) is 11.5 Å². The van der Waals surface area contributed by atoms with Gasteiger partial charge in [0.15, 0.2) is 0 Å². The predicted molar refractivity (Wildman–Crippen MR) is 126 cm³/mol. The Labute approximate surface area is 188 Å². The first-order valence-corrected chi connectivity index (χ1v) is 12.0. The van der Waals surface area contributed by atoms with Gasteiger partial charge >= 0.3 is 0 Å². The number of aromatic nitrogens is 1. The zero-order valence-electron chi connectivity index (χ0n) is 17.7. The lowest BCUT2D eigenvalue weighted by molar-refractivity contribution is -0.116. The van der Waals surface area contributed by atoms with Crippen molar-refractivity contribution in [3.63, 3.8) is 0 Å². The molecule has 7 nitrogen and oxygen atoms in total. The summed E-state index contributed by atoms with van der Waals surface area (Å²) in [6.45, 7) is 4.86. The molecular weight excluding hydrogens is 424 g/mol. The number of hydrogen-bond donors (Lipinski definition) is 2. The van der Waals surface area contributed by atoms with Gasteiger partial charge in [0.2, 0.25) is 15.9 Å². The van der Waals surface area contributed by atoms with Gasteiger partial charge in [0.25, 0.3) is 0 Å². The number of carbonyl (C=O) groups is 1. The molecule has 2 aromatic carbocycles. The second-order valence-corrected chi connectivity index (χ2v) is 9.80. The maximum atomic E-state index is 13.0. The first kappa shape index (κ1) is 22.0. The van der Waals surface area contributed by atoms with E-state index in [4.69, 9.17) is 0 Å². The van der Waals surface area contributed by atoms with Crippen molar-refractivity contribution >= 4 is 38.2 Å². The summed E-state index contributed by atoms with van der Waals surface area (Å²) in [6.07, 6.45) is 4.48. The van der Waals surface area contributed by atoms with Crippen molar-refractivity contribution < 1.29 is 13.2 Å². The number of carbonyl (C=O) groups excluding carboxylic acids is 1. The van der Waals surface area contributed by atoms with Gasteiger partial charge in [-0.05, 0) is 60.6 Å². The van der Waals surface area contributed by atoms with E-state index in [0.29, 0.717) is 38.3 Å². The van der Waals surface area contributed by atoms with Gasteiger partial charge in [-0.25, -0.2) is 13.4 Å². The highest BCUT2D eigenvalue weighted by atomic mass is 32.2. The SMILES string of the molecule is C=CC(=O)NCC1CCN(S(=O)(=O)c2ccc(Nc3cc4ccccc4cn3)cc2)CC1. The average molecular weight is 451 g/mol. The summed E-state index contributed by atoms with van der Waals surface area (Å²) in [7, 11) is -3.55. The minimum absolute atomic E-state index is 0.201. The summed E-state index contributed by atoms with van der Waals surface area (Å²) in [5.74, 6) is 0.768. The molecule has 32 heavy (non-hydrogen) atoms. The molecule has 3 aromatic rings. The summed E-state index contributed by atoms with van der Waals surface area (Å²) in [6, 6.07) is 16.7. The monoisotopic (exact) mass is 450 g/mol. The predicted octanol–water partition coefficient (Wildman–Crippen LogP) is 3.68. The molecule has 2 heterocycles. The van der Waals surface area contributed by atoms with Crippen LogP contribution in [-0.4, -0.2) is 43.2 Å². The van der Waals surface area contributed by atoms with Crippen LogP contribution in [0.5, 0.6) is 0 Å². The highest BCUT2D eigenvalue weighted by molar-refractivity contribution is 7.89. The van der Waals surface area contributed by atoms with E-state index >= 15 is 0 Å². The lowest BCUT2D eigenvalue weighted by Crippen LogP contribution is -2.41. The fourth-order valence-electron chi connectivity index (χ4n) is 3.83. The molecule has 0 atom stereocenters. The maximum absolute atomic E-state index is 13.0. The van der Waals surface area contributed by atoms with Crippen molar-refractivity contribution in [1.82, 2.24) is 14.6 Å². The van der Waals surface area contributed by atoms with Crippen LogP contribution in [0, 0.1) is 5.92 Å². The van der Waals surface area contributed by atoms with Crippen LogP contribution in [-0.2, 0) is 14.8 Å². The molecule has 2 N–H and O–H groups in total. The van der Waals surface area contributed by atoms with Gasteiger partial charge in [0.1, 0.15) is 5.82 Å². The van der Waals surface area contributed by atoms with Crippen molar-refractivity contribution in [2.45, 2.75) is 17.7 Å². The Morgan fingerprint density at radius 2 is 1.78 bits per heavy atom. The summed E-state index contributed by atoms with van der Waals surface area (Å²) in [5, 5.41) is 8.15. The van der Waals surface area contributed by atoms with Gasteiger partial charge < -0.3 is 10.6 Å². The Morgan fingerprint density at radius 3 is 2.47 bits per heavy atom. The number of rotatable bonds is 7. The van der Waals surface area contributed by atoms with Crippen LogP contribution >= 0.6 is 0 Å². The Bertz CT molecular complexity index is 1220. The van der Waals surface area contributed by atoms with Crippen LogP contribution in [0.15, 0.2) is 78.3 Å². The number of pyridine rings is 1. The van der Waals surface area contributed by atoms with Crippen molar-refractivity contribution in [3.8, 4) is 0 Å². The third-order valence-corrected chi connectivity index (χ3v) is 7.63. The molecular formula is C24H26N4O3S. The molecule has 1 amide bonds. The van der Waals surface area contributed by atoms with Crippen molar-refractivity contribution in [3.05, 3.63) is 73.4 Å². The molecule has 1 aromatic heterocycles. The molecule has 4 rings (SSSR count). The van der Waals surface area contributed by atoms with Crippen molar-refractivity contribution in [2.24, 2.45) is 5.92 Å². The number of amides is 1. The van der Waals surface area contributed by atoms with E-state index in [2.05, 4.69) is 22.2 Å². The summed E-state index contributed by atoms with van der Waals surface area (Å²) < 4.78 is 27.6. The quantitative estimate of drug-likeness (QED) is 0.536. The highest BCUT2D eigenvalue weighted by Gasteiger charge is 2.29. The Kier molecular flexibility index (Phi) is 6.53. The first-order valence-electron chi connectivity index (χ1n) is 10.6. The molecule has 0 aliphatic carbocycles. The van der Waals surface area contributed by atoms with E-state index in [1.165, 1.54) is 10.4 Å². The van der Waals surface area contributed by atoms with Gasteiger partial charge in [-0.1, -0.05) is 30.8 Å². The Balaban J connectivity index is 1.38. The topological polar surface area (TPSA) is 91.4 Å². The van der Waals surface area contributed by atoms with E-state index in [1.807, 2.05) is 36.5 Å². The van der Waals surface area contributed by atoms with Gasteiger partial charge in [-0.2, -0.15) is 4.31 Å². The van der Waals surface area contributed by atoms with Crippen LogP contribution < -0.4 is 10.6 Å².